The third-order valence-electron chi connectivity index (χ3n) is 5.85. The Kier molecular flexibility index (Phi) is 6.98. The van der Waals surface area contributed by atoms with E-state index in [2.05, 4.69) is 9.89 Å². The first-order chi connectivity index (χ1) is 17.4. The van der Waals surface area contributed by atoms with Gasteiger partial charge in [-0.05, 0) is 81.9 Å². The van der Waals surface area contributed by atoms with Crippen LogP contribution in [0.5, 0.6) is 5.75 Å². The molecule has 0 spiro atoms. The molecule has 8 heteroatoms. The predicted octanol–water partition coefficient (Wildman–Crippen LogP) is 5.41. The fraction of sp³-hybridized carbons (Fsp3) is 0.321. The molecule has 2 aromatic carbocycles. The molecule has 3 heterocycles. The number of amidine groups is 1. The summed E-state index contributed by atoms with van der Waals surface area (Å²) in [6, 6.07) is 17.8. The molecule has 0 aliphatic carbocycles. The molecular formula is C28H30N4O3S. The van der Waals surface area contributed by atoms with Crippen molar-refractivity contribution >= 4 is 28.9 Å². The van der Waals surface area contributed by atoms with E-state index in [-0.39, 0.29) is 24.2 Å². The van der Waals surface area contributed by atoms with E-state index in [0.29, 0.717) is 4.91 Å². The molecule has 1 aromatic heterocycles. The molecule has 2 aliphatic heterocycles. The molecular weight excluding hydrogens is 472 g/mol. The summed E-state index contributed by atoms with van der Waals surface area (Å²) >= 11 is 1.42. The number of hydrogen-bond acceptors (Lipinski definition) is 6. The summed E-state index contributed by atoms with van der Waals surface area (Å²) in [7, 11) is 0. The summed E-state index contributed by atoms with van der Waals surface area (Å²) in [4.78, 5) is 20.0. The number of carbonyl (C=O) groups is 1. The number of nitrogens with zero attached hydrogens (tertiary/aromatic N) is 4. The van der Waals surface area contributed by atoms with Crippen LogP contribution in [0, 0.1) is 0 Å². The number of para-hydroxylation sites is 1. The first kappa shape index (κ1) is 24.3. The lowest BCUT2D eigenvalue weighted by atomic mass is 10.1. The Morgan fingerprint density at radius 1 is 1.06 bits per heavy atom. The molecule has 0 bridgehead atoms. The van der Waals surface area contributed by atoms with E-state index in [1.165, 1.54) is 11.8 Å². The maximum Gasteiger partial charge on any atom is 0.286 e. The highest BCUT2D eigenvalue weighted by atomic mass is 32.2. The second-order valence-corrected chi connectivity index (χ2v) is 10.4. The van der Waals surface area contributed by atoms with Crippen LogP contribution in [0.25, 0.3) is 23.0 Å². The Balaban J connectivity index is 1.47. The average Bonchev–Trinajstić information content (AvgIpc) is 3.43. The zero-order valence-electron chi connectivity index (χ0n) is 20.9. The number of ether oxygens (including phenoxy) is 2. The van der Waals surface area contributed by atoms with Crippen molar-refractivity contribution in [3.63, 3.8) is 0 Å². The van der Waals surface area contributed by atoms with Gasteiger partial charge in [-0.15, -0.1) is 0 Å². The van der Waals surface area contributed by atoms with Gasteiger partial charge < -0.3 is 14.4 Å². The second-order valence-electron chi connectivity index (χ2n) is 9.38. The van der Waals surface area contributed by atoms with E-state index in [9.17, 15) is 4.79 Å². The number of hydrogen-bond donors (Lipinski definition) is 0. The number of amides is 1. The summed E-state index contributed by atoms with van der Waals surface area (Å²) in [5.41, 5.74) is 3.53. The van der Waals surface area contributed by atoms with Crippen molar-refractivity contribution < 1.29 is 14.3 Å². The molecule has 1 amide bonds. The number of carbonyl (C=O) groups excluding carboxylic acids is 1. The second kappa shape index (κ2) is 10.3. The molecule has 36 heavy (non-hydrogen) atoms. The van der Waals surface area contributed by atoms with Crippen LogP contribution >= 0.6 is 11.8 Å². The van der Waals surface area contributed by atoms with E-state index in [1.54, 1.807) is 0 Å². The van der Waals surface area contributed by atoms with Gasteiger partial charge in [-0.3, -0.25) is 4.79 Å². The topological polar surface area (TPSA) is 68.9 Å². The highest BCUT2D eigenvalue weighted by molar-refractivity contribution is 8.18. The molecule has 0 saturated carbocycles. The minimum absolute atomic E-state index is 0.0959. The van der Waals surface area contributed by atoms with Gasteiger partial charge in [0.1, 0.15) is 5.75 Å². The number of thioether (sulfide) groups is 1. The maximum absolute atomic E-state index is 12.9. The lowest BCUT2D eigenvalue weighted by Gasteiger charge is -2.35. The lowest BCUT2D eigenvalue weighted by molar-refractivity contribution is -0.113. The van der Waals surface area contributed by atoms with Crippen molar-refractivity contribution in [2.24, 2.45) is 4.99 Å². The molecule has 1 fully saturated rings. The van der Waals surface area contributed by atoms with Crippen molar-refractivity contribution in [2.75, 3.05) is 13.1 Å². The zero-order valence-corrected chi connectivity index (χ0v) is 21.7. The monoisotopic (exact) mass is 502 g/mol. The van der Waals surface area contributed by atoms with Crippen LogP contribution in [0.2, 0.25) is 0 Å². The third kappa shape index (κ3) is 5.39. The Labute approximate surface area is 215 Å². The van der Waals surface area contributed by atoms with Gasteiger partial charge in [0.2, 0.25) is 0 Å². The average molecular weight is 503 g/mol. The highest BCUT2D eigenvalue weighted by Gasteiger charge is 2.31. The smallest absolute Gasteiger partial charge is 0.286 e. The Morgan fingerprint density at radius 2 is 1.75 bits per heavy atom. The minimum atomic E-state index is -0.221. The number of morpholine rings is 1. The number of aromatic nitrogens is 2. The summed E-state index contributed by atoms with van der Waals surface area (Å²) in [6.07, 6.45) is 4.15. The lowest BCUT2D eigenvalue weighted by Crippen LogP contribution is -2.47. The molecule has 2 atom stereocenters. The largest absolute Gasteiger partial charge is 0.491 e. The Hall–Kier alpha value is -3.36. The Morgan fingerprint density at radius 3 is 2.42 bits per heavy atom. The Bertz CT molecular complexity index is 1290. The molecule has 186 valence electrons. The molecule has 3 aromatic rings. The van der Waals surface area contributed by atoms with Gasteiger partial charge in [0.05, 0.1) is 34.6 Å². The van der Waals surface area contributed by atoms with Gasteiger partial charge in [-0.25, -0.2) is 4.68 Å². The van der Waals surface area contributed by atoms with Crippen LogP contribution in [0.15, 0.2) is 70.7 Å². The maximum atomic E-state index is 12.9. The van der Waals surface area contributed by atoms with Crippen LogP contribution in [0.4, 0.5) is 0 Å². The standard InChI is InChI=1S/C28H30N4O3S/c1-18(2)34-24-12-10-21(11-13-24)26-22(17-32(30-26)23-8-6-5-7-9-23)14-25-27(33)29-28(36-25)31-15-19(3)35-20(4)16-31/h5-14,17-20H,15-16H2,1-4H3/b25-14-. The molecule has 5 rings (SSSR count). The molecule has 2 unspecified atom stereocenters. The molecule has 2 aliphatic rings. The van der Waals surface area contributed by atoms with Crippen molar-refractivity contribution in [3.05, 3.63) is 71.3 Å². The molecule has 0 N–H and O–H groups in total. The van der Waals surface area contributed by atoms with E-state index in [1.807, 2.05) is 99.2 Å². The quantitative estimate of drug-likeness (QED) is 0.435. The first-order valence-electron chi connectivity index (χ1n) is 12.2. The number of rotatable bonds is 5. The summed E-state index contributed by atoms with van der Waals surface area (Å²) in [5, 5.41) is 5.62. The molecule has 0 radical (unpaired) electrons. The van der Waals surface area contributed by atoms with Gasteiger partial charge in [-0.2, -0.15) is 10.1 Å². The van der Waals surface area contributed by atoms with Crippen LogP contribution in [-0.4, -0.2) is 57.2 Å². The van der Waals surface area contributed by atoms with E-state index < -0.39 is 0 Å². The molecule has 1 saturated heterocycles. The van der Waals surface area contributed by atoms with Crippen LogP contribution in [0.3, 0.4) is 0 Å². The van der Waals surface area contributed by atoms with Crippen molar-refractivity contribution in [1.82, 2.24) is 14.7 Å². The zero-order chi connectivity index (χ0) is 25.2. The number of benzene rings is 2. The van der Waals surface area contributed by atoms with Gasteiger partial charge in [0.25, 0.3) is 5.91 Å². The fourth-order valence-electron chi connectivity index (χ4n) is 4.40. The van der Waals surface area contributed by atoms with Gasteiger partial charge in [-0.1, -0.05) is 18.2 Å². The fourth-order valence-corrected chi connectivity index (χ4v) is 5.32. The number of aliphatic imine (C=N–C) groups is 1. The summed E-state index contributed by atoms with van der Waals surface area (Å²) < 4.78 is 13.5. The van der Waals surface area contributed by atoms with E-state index in [0.717, 1.165) is 46.5 Å². The predicted molar refractivity (Wildman–Crippen MR) is 144 cm³/mol. The minimum Gasteiger partial charge on any atom is -0.491 e. The third-order valence-corrected chi connectivity index (χ3v) is 6.89. The summed E-state index contributed by atoms with van der Waals surface area (Å²) in [6.45, 7) is 9.54. The van der Waals surface area contributed by atoms with Crippen LogP contribution in [-0.2, 0) is 9.53 Å². The summed E-state index contributed by atoms with van der Waals surface area (Å²) in [5.74, 6) is 0.588. The van der Waals surface area contributed by atoms with Crippen molar-refractivity contribution in [2.45, 2.75) is 46.0 Å². The SMILES string of the molecule is CC(C)Oc1ccc(-c2nn(-c3ccccc3)cc2/C=C2\SC(N3CC(C)OC(C)C3)=NC2=O)cc1. The highest BCUT2D eigenvalue weighted by Crippen LogP contribution is 2.34. The van der Waals surface area contributed by atoms with Gasteiger partial charge in [0, 0.05) is 30.4 Å². The normalized spacial score (nSPS) is 21.4. The van der Waals surface area contributed by atoms with Crippen molar-refractivity contribution in [1.29, 1.82) is 0 Å². The molecule has 7 nitrogen and oxygen atoms in total. The van der Waals surface area contributed by atoms with Crippen LogP contribution < -0.4 is 4.74 Å². The van der Waals surface area contributed by atoms with Crippen LogP contribution in [0.1, 0.15) is 33.3 Å². The van der Waals surface area contributed by atoms with Crippen molar-refractivity contribution in [3.8, 4) is 22.7 Å². The van der Waals surface area contributed by atoms with Gasteiger partial charge in [0.15, 0.2) is 5.17 Å². The first-order valence-corrected chi connectivity index (χ1v) is 13.0. The van der Waals surface area contributed by atoms with Gasteiger partial charge >= 0.3 is 0 Å². The van der Waals surface area contributed by atoms with E-state index in [4.69, 9.17) is 14.6 Å². The van der Waals surface area contributed by atoms with E-state index >= 15 is 0 Å².